The molecule has 0 unspecified atom stereocenters. The fourth-order valence-electron chi connectivity index (χ4n) is 8.51. The second-order valence-corrected chi connectivity index (χ2v) is 19.9. The van der Waals surface area contributed by atoms with Crippen molar-refractivity contribution in [2.75, 3.05) is 39.3 Å². The first kappa shape index (κ1) is 42.9. The average molecular weight is 829 g/mol. The summed E-state index contributed by atoms with van der Waals surface area (Å²) < 4.78 is 52.8. The average Bonchev–Trinajstić information content (AvgIpc) is 4.05. The molecule has 6 rings (SSSR count). The zero-order chi connectivity index (χ0) is 42.5. The molecule has 0 radical (unpaired) electrons. The van der Waals surface area contributed by atoms with Gasteiger partial charge in [0, 0.05) is 37.4 Å². The second kappa shape index (κ2) is 15.8. The van der Waals surface area contributed by atoms with Crippen LogP contribution in [0.25, 0.3) is 10.8 Å². The van der Waals surface area contributed by atoms with Crippen LogP contribution in [0, 0.1) is 17.8 Å². The number of amides is 4. The van der Waals surface area contributed by atoms with Crippen LogP contribution in [-0.4, -0.2) is 121 Å². The molecule has 0 spiro atoms. The fraction of sp³-hybridized carbons (Fsp3) is 0.634. The summed E-state index contributed by atoms with van der Waals surface area (Å²) in [4.78, 5) is 65.9. The first-order chi connectivity index (χ1) is 27.2. The molecule has 3 fully saturated rings. The van der Waals surface area contributed by atoms with Crippen molar-refractivity contribution in [2.24, 2.45) is 17.8 Å². The van der Waals surface area contributed by atoms with E-state index >= 15 is 4.79 Å². The van der Waals surface area contributed by atoms with E-state index in [9.17, 15) is 32.3 Å². The largest absolute Gasteiger partial charge is 0.497 e. The van der Waals surface area contributed by atoms with Gasteiger partial charge in [-0.15, -0.1) is 0 Å². The third kappa shape index (κ3) is 8.28. The molecule has 3 heterocycles. The summed E-state index contributed by atoms with van der Waals surface area (Å²) in [7, 11) is 0.818. The Morgan fingerprint density at radius 1 is 1.14 bits per heavy atom. The topological polar surface area (TPSA) is 188 Å². The summed E-state index contributed by atoms with van der Waals surface area (Å²) >= 11 is 0. The number of fused-ring (bicyclic) bond motifs is 3. The van der Waals surface area contributed by atoms with Gasteiger partial charge in [-0.2, -0.15) is 4.98 Å². The van der Waals surface area contributed by atoms with Crippen LogP contribution < -0.4 is 24.4 Å². The molecule has 58 heavy (non-hydrogen) atoms. The second-order valence-electron chi connectivity index (χ2n) is 17.9. The molecule has 17 heteroatoms. The van der Waals surface area contributed by atoms with Gasteiger partial charge < -0.3 is 29.7 Å². The summed E-state index contributed by atoms with van der Waals surface area (Å²) in [6.07, 6.45) is 3.58. The van der Waals surface area contributed by atoms with Crippen molar-refractivity contribution < 1.29 is 46.6 Å². The molecule has 4 amide bonds. The predicted molar refractivity (Wildman–Crippen MR) is 216 cm³/mol. The molecule has 2 aliphatic carbocycles. The molecular formula is C41H57FN6O9S. The Kier molecular flexibility index (Phi) is 11.7. The Bertz CT molecular complexity index is 2090. The maximum Gasteiger partial charge on any atom is 0.408 e. The number of methoxy groups -OCH3 is 1. The first-order valence-electron chi connectivity index (χ1n) is 19.9. The van der Waals surface area contributed by atoms with E-state index in [0.717, 1.165) is 10.3 Å². The van der Waals surface area contributed by atoms with E-state index in [-0.39, 0.29) is 44.0 Å². The van der Waals surface area contributed by atoms with Gasteiger partial charge in [0.25, 0.3) is 5.91 Å². The van der Waals surface area contributed by atoms with E-state index in [1.807, 2.05) is 51.1 Å². The van der Waals surface area contributed by atoms with Gasteiger partial charge in [-0.05, 0) is 101 Å². The first-order valence-corrected chi connectivity index (χ1v) is 21.4. The highest BCUT2D eigenvalue weighted by molar-refractivity contribution is 7.91. The van der Waals surface area contributed by atoms with Crippen LogP contribution in [-0.2, 0) is 24.4 Å². The van der Waals surface area contributed by atoms with Crippen molar-refractivity contribution >= 4 is 50.4 Å². The number of allylic oxidation sites excluding steroid dienone is 1. The van der Waals surface area contributed by atoms with Crippen LogP contribution in [0.3, 0.4) is 0 Å². The molecule has 2 saturated carbocycles. The number of nitrogens with zero attached hydrogens (tertiary/aromatic N) is 4. The lowest BCUT2D eigenvalue weighted by atomic mass is 9.85. The van der Waals surface area contributed by atoms with Crippen molar-refractivity contribution in [3.8, 4) is 11.6 Å². The minimum atomic E-state index is -4.41. The van der Waals surface area contributed by atoms with Gasteiger partial charge in [0.05, 0.1) is 13.7 Å². The third-order valence-corrected chi connectivity index (χ3v) is 14.3. The van der Waals surface area contributed by atoms with Crippen LogP contribution in [0.15, 0.2) is 36.4 Å². The van der Waals surface area contributed by atoms with E-state index < -0.39 is 86.4 Å². The minimum absolute atomic E-state index is 0.0509. The number of carboxylic acid groups (broad SMARTS) is 1. The number of carbonyl (C=O) groups excluding carboxylic acids is 3. The number of pyridine rings is 1. The Morgan fingerprint density at radius 2 is 1.84 bits per heavy atom. The Labute approximate surface area is 339 Å². The number of ether oxygens (including phenoxy) is 2. The molecule has 2 aliphatic heterocycles. The van der Waals surface area contributed by atoms with Crippen molar-refractivity contribution in [2.45, 2.75) is 114 Å². The number of aromatic nitrogens is 1. The van der Waals surface area contributed by atoms with Gasteiger partial charge in [0.2, 0.25) is 27.7 Å². The van der Waals surface area contributed by atoms with Crippen LogP contribution >= 0.6 is 0 Å². The number of hydrogen-bond donors (Lipinski definition) is 3. The molecule has 1 aromatic carbocycles. The Balaban J connectivity index is 1.42. The van der Waals surface area contributed by atoms with Crippen molar-refractivity contribution in [1.82, 2.24) is 24.8 Å². The quantitative estimate of drug-likeness (QED) is 0.299. The van der Waals surface area contributed by atoms with Crippen LogP contribution in [0.1, 0.15) is 79.6 Å². The lowest BCUT2D eigenvalue weighted by Gasteiger charge is -2.43. The summed E-state index contributed by atoms with van der Waals surface area (Å²) in [5.74, 6) is -1.81. The van der Waals surface area contributed by atoms with Gasteiger partial charge in [0.15, 0.2) is 0 Å². The van der Waals surface area contributed by atoms with Gasteiger partial charge in [-0.3, -0.25) is 24.0 Å². The zero-order valence-electron chi connectivity index (χ0n) is 34.6. The maximum atomic E-state index is 15.1. The molecule has 15 nitrogen and oxygen atoms in total. The number of benzene rings is 1. The number of rotatable bonds is 9. The molecule has 318 valence electrons. The van der Waals surface area contributed by atoms with Gasteiger partial charge in [-0.25, -0.2) is 17.6 Å². The third-order valence-electron chi connectivity index (χ3n) is 12.2. The number of sulfonamides is 1. The number of hydrogen-bond acceptors (Lipinski definition) is 10. The highest BCUT2D eigenvalue weighted by atomic mass is 32.2. The maximum absolute atomic E-state index is 15.1. The van der Waals surface area contributed by atoms with Crippen molar-refractivity contribution in [3.05, 3.63) is 36.4 Å². The smallest absolute Gasteiger partial charge is 0.408 e. The molecule has 0 bridgehead atoms. The van der Waals surface area contributed by atoms with Crippen LogP contribution in [0.4, 0.5) is 15.0 Å². The van der Waals surface area contributed by atoms with Gasteiger partial charge in [0.1, 0.15) is 46.7 Å². The number of anilines is 1. The van der Waals surface area contributed by atoms with Crippen LogP contribution in [0.2, 0.25) is 0 Å². The van der Waals surface area contributed by atoms with Crippen molar-refractivity contribution in [3.63, 3.8) is 0 Å². The molecule has 3 N–H and O–H groups in total. The Morgan fingerprint density at radius 3 is 2.45 bits per heavy atom. The van der Waals surface area contributed by atoms with E-state index in [1.165, 1.54) is 4.90 Å². The molecule has 1 saturated heterocycles. The normalized spacial score (nSPS) is 29.2. The van der Waals surface area contributed by atoms with E-state index in [2.05, 4.69) is 10.0 Å². The van der Waals surface area contributed by atoms with Gasteiger partial charge in [-0.1, -0.05) is 26.0 Å². The number of alkyl halides is 1. The summed E-state index contributed by atoms with van der Waals surface area (Å²) in [6.45, 7) is 7.77. The lowest BCUT2D eigenvalue weighted by molar-refractivity contribution is -0.146. The summed E-state index contributed by atoms with van der Waals surface area (Å²) in [5, 5.41) is 14.9. The number of nitrogens with one attached hydrogen (secondary N) is 2. The summed E-state index contributed by atoms with van der Waals surface area (Å²) in [5.41, 5.74) is -2.69. The van der Waals surface area contributed by atoms with E-state index in [1.54, 1.807) is 46.1 Å². The summed E-state index contributed by atoms with van der Waals surface area (Å²) in [6, 6.07) is 4.86. The lowest BCUT2D eigenvalue weighted by Crippen LogP contribution is -2.62. The Hall–Kier alpha value is -4.67. The minimum Gasteiger partial charge on any atom is -0.497 e. The van der Waals surface area contributed by atoms with Gasteiger partial charge >= 0.3 is 6.09 Å². The SMILES string of the molecule is COc1ccc2c(O[C@@H]3C[C@H]4C(=O)N[C@]5(C(=O)NS(=O)(=O)C6(CF)CC6)C[C@H]5/C=C\CC[C@H](C)C[C@@H](C)[C@H](N(C(=O)O)C(C)(C)C)C(=O)N4C3)nc(N(C)C)cc2c1. The number of halogens is 1. The molecule has 7 atom stereocenters. The van der Waals surface area contributed by atoms with E-state index in [4.69, 9.17) is 14.5 Å². The zero-order valence-corrected chi connectivity index (χ0v) is 35.4. The molecule has 2 aromatic rings. The van der Waals surface area contributed by atoms with E-state index in [0.29, 0.717) is 36.2 Å². The molecule has 4 aliphatic rings. The standard InChI is InChI=1S/C41H57FN6O9S/c1-24-11-9-10-12-27-21-41(27,37(51)45-58(54,55)40(23-42)15-16-40)44-34(49)31-20-29(22-47(31)36(50)33(25(2)17-24)48(38(52)53)39(3,4)5)57-35-30-14-13-28(56-8)18-26(30)19-32(43-35)46(6)7/h10,12-14,18-19,24-25,27,29,31,33H,9,11,15-17,20-23H2,1-8H3,(H,44,49)(H,45,51)(H,52,53)/b12-10-/t24-,25+,27+,29+,31-,33-,41+/m0/s1. The highest BCUT2D eigenvalue weighted by Crippen LogP contribution is 2.48. The molecule has 1 aromatic heterocycles. The predicted octanol–water partition coefficient (Wildman–Crippen LogP) is 4.64. The highest BCUT2D eigenvalue weighted by Gasteiger charge is 2.64. The number of carbonyl (C=O) groups is 4. The fourth-order valence-corrected chi connectivity index (χ4v) is 9.94. The monoisotopic (exact) mass is 828 g/mol. The van der Waals surface area contributed by atoms with Crippen molar-refractivity contribution in [1.29, 1.82) is 0 Å². The van der Waals surface area contributed by atoms with Crippen LogP contribution in [0.5, 0.6) is 11.6 Å². The molecular weight excluding hydrogens is 772 g/mol.